The Bertz CT molecular complexity index is 1370. The number of fused-ring (bicyclic) bond motifs is 1. The molecule has 31 heavy (non-hydrogen) atoms. The summed E-state index contributed by atoms with van der Waals surface area (Å²) < 4.78 is 1.75. The molecule has 0 spiro atoms. The van der Waals surface area contributed by atoms with Crippen LogP contribution in [0, 0.1) is 6.92 Å². The van der Waals surface area contributed by atoms with Gasteiger partial charge in [-0.2, -0.15) is 9.61 Å². The number of carbonyl (C=O) groups excluding carboxylic acids is 1. The van der Waals surface area contributed by atoms with E-state index in [9.17, 15) is 4.79 Å². The number of aryl methyl sites for hydroxylation is 1. The zero-order valence-corrected chi connectivity index (χ0v) is 17.6. The lowest BCUT2D eigenvalue weighted by Crippen LogP contribution is -2.15. The van der Waals surface area contributed by atoms with E-state index in [1.807, 2.05) is 85.1 Å². The number of nitrogens with one attached hydrogen (secondary N) is 1. The Labute approximate surface area is 183 Å². The van der Waals surface area contributed by atoms with Gasteiger partial charge in [-0.25, -0.2) is 0 Å². The lowest BCUT2D eigenvalue weighted by molar-refractivity contribution is -0.115. The minimum atomic E-state index is -0.0475. The Kier molecular flexibility index (Phi) is 5.01. The SMILES string of the molecule is Cc1ccccc1CC(=O)Nc1cccc(-c2ccc3nnc(-c4cccs4)n3n2)c1. The minimum absolute atomic E-state index is 0.0475. The van der Waals surface area contributed by atoms with Crippen molar-refractivity contribution >= 4 is 28.6 Å². The first-order valence-electron chi connectivity index (χ1n) is 9.88. The van der Waals surface area contributed by atoms with E-state index in [0.717, 1.165) is 38.8 Å². The fourth-order valence-corrected chi connectivity index (χ4v) is 4.14. The summed E-state index contributed by atoms with van der Waals surface area (Å²) in [6.07, 6.45) is 0.339. The van der Waals surface area contributed by atoms with Crippen molar-refractivity contribution < 1.29 is 4.79 Å². The summed E-state index contributed by atoms with van der Waals surface area (Å²) in [6, 6.07) is 23.4. The highest BCUT2D eigenvalue weighted by Gasteiger charge is 2.12. The van der Waals surface area contributed by atoms with Gasteiger partial charge in [0.05, 0.1) is 17.0 Å². The molecule has 1 amide bonds. The number of thiophene rings is 1. The van der Waals surface area contributed by atoms with Crippen LogP contribution in [0.3, 0.4) is 0 Å². The van der Waals surface area contributed by atoms with E-state index in [1.165, 1.54) is 0 Å². The van der Waals surface area contributed by atoms with E-state index in [0.29, 0.717) is 12.1 Å². The van der Waals surface area contributed by atoms with E-state index in [2.05, 4.69) is 15.5 Å². The molecule has 5 aromatic rings. The van der Waals surface area contributed by atoms with Crippen LogP contribution >= 0.6 is 11.3 Å². The van der Waals surface area contributed by atoms with Crippen molar-refractivity contribution in [2.45, 2.75) is 13.3 Å². The lowest BCUT2D eigenvalue weighted by atomic mass is 10.1. The molecule has 0 radical (unpaired) electrons. The van der Waals surface area contributed by atoms with Gasteiger partial charge in [0.25, 0.3) is 0 Å². The predicted molar refractivity (Wildman–Crippen MR) is 123 cm³/mol. The highest BCUT2D eigenvalue weighted by molar-refractivity contribution is 7.13. The second-order valence-corrected chi connectivity index (χ2v) is 8.17. The van der Waals surface area contributed by atoms with Crippen LogP contribution < -0.4 is 5.32 Å². The maximum absolute atomic E-state index is 12.6. The molecule has 0 fully saturated rings. The molecule has 1 N–H and O–H groups in total. The predicted octanol–water partition coefficient (Wildman–Crippen LogP) is 5.01. The Morgan fingerprint density at radius 1 is 1.00 bits per heavy atom. The van der Waals surface area contributed by atoms with Crippen LogP contribution in [0.5, 0.6) is 0 Å². The molecule has 0 aliphatic heterocycles. The largest absolute Gasteiger partial charge is 0.326 e. The average Bonchev–Trinajstić information content (AvgIpc) is 3.44. The second-order valence-electron chi connectivity index (χ2n) is 7.22. The second kappa shape index (κ2) is 8.12. The van der Waals surface area contributed by atoms with Gasteiger partial charge >= 0.3 is 0 Å². The molecule has 3 aromatic heterocycles. The molecule has 0 atom stereocenters. The highest BCUT2D eigenvalue weighted by Crippen LogP contribution is 2.25. The van der Waals surface area contributed by atoms with E-state index in [-0.39, 0.29) is 5.91 Å². The third kappa shape index (κ3) is 3.95. The van der Waals surface area contributed by atoms with Gasteiger partial charge in [0.1, 0.15) is 0 Å². The fourth-order valence-electron chi connectivity index (χ4n) is 3.45. The molecule has 0 unspecified atom stereocenters. The first-order chi connectivity index (χ1) is 15.2. The summed E-state index contributed by atoms with van der Waals surface area (Å²) in [6.45, 7) is 2.01. The smallest absolute Gasteiger partial charge is 0.228 e. The van der Waals surface area contributed by atoms with Crippen LogP contribution in [-0.2, 0) is 11.2 Å². The van der Waals surface area contributed by atoms with Gasteiger partial charge in [0, 0.05) is 11.3 Å². The summed E-state index contributed by atoms with van der Waals surface area (Å²) in [4.78, 5) is 13.6. The number of carbonyl (C=O) groups is 1. The van der Waals surface area contributed by atoms with Crippen LogP contribution in [-0.4, -0.2) is 25.7 Å². The molecule has 152 valence electrons. The summed E-state index contributed by atoms with van der Waals surface area (Å²) in [7, 11) is 0. The van der Waals surface area contributed by atoms with Gasteiger partial charge in [0.2, 0.25) is 5.91 Å². The van der Waals surface area contributed by atoms with Crippen molar-refractivity contribution in [3.63, 3.8) is 0 Å². The monoisotopic (exact) mass is 425 g/mol. The van der Waals surface area contributed by atoms with Gasteiger partial charge in [-0.3, -0.25) is 4.79 Å². The summed E-state index contributed by atoms with van der Waals surface area (Å²) in [5.41, 5.74) is 5.24. The quantitative estimate of drug-likeness (QED) is 0.430. The molecule has 2 aromatic carbocycles. The molecule has 0 bridgehead atoms. The van der Waals surface area contributed by atoms with Gasteiger partial charge < -0.3 is 5.32 Å². The van der Waals surface area contributed by atoms with Crippen molar-refractivity contribution in [3.05, 3.63) is 89.3 Å². The van der Waals surface area contributed by atoms with E-state index in [4.69, 9.17) is 5.10 Å². The third-order valence-electron chi connectivity index (χ3n) is 5.06. The summed E-state index contributed by atoms with van der Waals surface area (Å²) >= 11 is 1.60. The number of anilines is 1. The van der Waals surface area contributed by atoms with Crippen LogP contribution in [0.15, 0.2) is 78.2 Å². The Hall–Kier alpha value is -3.84. The third-order valence-corrected chi connectivity index (χ3v) is 5.92. The van der Waals surface area contributed by atoms with Crippen LogP contribution in [0.4, 0.5) is 5.69 Å². The highest BCUT2D eigenvalue weighted by atomic mass is 32.1. The van der Waals surface area contributed by atoms with Crippen molar-refractivity contribution in [1.82, 2.24) is 19.8 Å². The number of amides is 1. The maximum atomic E-state index is 12.6. The number of benzene rings is 2. The lowest BCUT2D eigenvalue weighted by Gasteiger charge is -2.09. The van der Waals surface area contributed by atoms with Gasteiger partial charge in [0.15, 0.2) is 11.5 Å². The topological polar surface area (TPSA) is 72.2 Å². The van der Waals surface area contributed by atoms with Crippen molar-refractivity contribution in [3.8, 4) is 22.0 Å². The Balaban J connectivity index is 1.41. The zero-order chi connectivity index (χ0) is 21.2. The molecular weight excluding hydrogens is 406 g/mol. The van der Waals surface area contributed by atoms with Gasteiger partial charge in [-0.15, -0.1) is 21.5 Å². The molecule has 0 aliphatic carbocycles. The summed E-state index contributed by atoms with van der Waals surface area (Å²) in [5.74, 6) is 0.670. The number of hydrogen-bond acceptors (Lipinski definition) is 5. The number of hydrogen-bond donors (Lipinski definition) is 1. The van der Waals surface area contributed by atoms with Crippen molar-refractivity contribution in [2.24, 2.45) is 0 Å². The molecule has 0 saturated carbocycles. The van der Waals surface area contributed by atoms with Crippen LogP contribution in [0.2, 0.25) is 0 Å². The molecule has 6 nitrogen and oxygen atoms in total. The van der Waals surface area contributed by atoms with Gasteiger partial charge in [-0.1, -0.05) is 42.5 Å². The van der Waals surface area contributed by atoms with Crippen LogP contribution in [0.25, 0.3) is 27.6 Å². The average molecular weight is 426 g/mol. The minimum Gasteiger partial charge on any atom is -0.326 e. The first kappa shape index (κ1) is 19.1. The molecule has 0 saturated heterocycles. The van der Waals surface area contributed by atoms with Crippen molar-refractivity contribution in [2.75, 3.05) is 5.32 Å². The molecule has 5 rings (SSSR count). The Morgan fingerprint density at radius 3 is 2.74 bits per heavy atom. The molecular formula is C24H19N5OS. The van der Waals surface area contributed by atoms with E-state index >= 15 is 0 Å². The molecule has 7 heteroatoms. The van der Waals surface area contributed by atoms with Crippen molar-refractivity contribution in [1.29, 1.82) is 0 Å². The number of nitrogens with zero attached hydrogens (tertiary/aromatic N) is 4. The standard InChI is InChI=1S/C24H19N5OS/c1-16-6-2-3-7-17(16)15-23(30)25-19-9-4-8-18(14-19)20-11-12-22-26-27-24(29(22)28-20)21-10-5-13-31-21/h2-14H,15H2,1H3,(H,25,30). The van der Waals surface area contributed by atoms with E-state index < -0.39 is 0 Å². The molecule has 0 aliphatic rings. The fraction of sp³-hybridized carbons (Fsp3) is 0.0833. The zero-order valence-electron chi connectivity index (χ0n) is 16.8. The van der Waals surface area contributed by atoms with Gasteiger partial charge in [-0.05, 0) is 53.8 Å². The normalized spacial score (nSPS) is 11.0. The molecule has 3 heterocycles. The van der Waals surface area contributed by atoms with E-state index in [1.54, 1.807) is 15.9 Å². The summed E-state index contributed by atoms with van der Waals surface area (Å²) in [5, 5.41) is 18.2. The first-order valence-corrected chi connectivity index (χ1v) is 10.8. The Morgan fingerprint density at radius 2 is 1.90 bits per heavy atom. The number of rotatable bonds is 5. The van der Waals surface area contributed by atoms with Crippen LogP contribution in [0.1, 0.15) is 11.1 Å². The maximum Gasteiger partial charge on any atom is 0.228 e. The number of aromatic nitrogens is 4.